The van der Waals surface area contributed by atoms with Crippen LogP contribution in [0.3, 0.4) is 0 Å². The van der Waals surface area contributed by atoms with Gasteiger partial charge in [-0.2, -0.15) is 0 Å². The summed E-state index contributed by atoms with van der Waals surface area (Å²) in [6.07, 6.45) is 3.42. The highest BCUT2D eigenvalue weighted by Crippen LogP contribution is 2.16. The van der Waals surface area contributed by atoms with Gasteiger partial charge in [0.05, 0.1) is 0 Å². The van der Waals surface area contributed by atoms with Gasteiger partial charge in [-0.3, -0.25) is 4.79 Å². The molecule has 1 heterocycles. The Bertz CT molecular complexity index is 556. The van der Waals surface area contributed by atoms with Gasteiger partial charge < -0.3 is 15.1 Å². The fourth-order valence-electron chi connectivity index (χ4n) is 2.81. The number of carbonyl (C=O) groups is 2. The summed E-state index contributed by atoms with van der Waals surface area (Å²) in [6.45, 7) is 6.22. The largest absolute Gasteiger partial charge is 0.343 e. The normalized spacial score (nSPS) is 15.2. The van der Waals surface area contributed by atoms with E-state index in [4.69, 9.17) is 0 Å². The van der Waals surface area contributed by atoms with Crippen LogP contribution in [0.25, 0.3) is 0 Å². The first-order valence-electron chi connectivity index (χ1n) is 8.62. The molecule has 3 amide bonds. The number of likely N-dealkylation sites (tertiary alicyclic amines) is 1. The van der Waals surface area contributed by atoms with Gasteiger partial charge >= 0.3 is 6.03 Å². The van der Waals surface area contributed by atoms with Crippen LogP contribution >= 0.6 is 15.9 Å². The number of carbonyl (C=O) groups excluding carboxylic acids is 2. The summed E-state index contributed by atoms with van der Waals surface area (Å²) in [6, 6.07) is 7.42. The molecular weight excluding hydrogens is 370 g/mol. The van der Waals surface area contributed by atoms with Gasteiger partial charge in [0.15, 0.2) is 0 Å². The highest BCUT2D eigenvalue weighted by molar-refractivity contribution is 9.10. The number of amides is 3. The molecule has 5 nitrogen and oxygen atoms in total. The van der Waals surface area contributed by atoms with Crippen LogP contribution in [0.1, 0.15) is 39.5 Å². The number of urea groups is 1. The number of benzene rings is 1. The molecule has 2 rings (SSSR count). The van der Waals surface area contributed by atoms with E-state index >= 15 is 0 Å². The zero-order valence-electron chi connectivity index (χ0n) is 14.4. The molecule has 6 heteroatoms. The van der Waals surface area contributed by atoms with E-state index in [0.717, 1.165) is 42.5 Å². The van der Waals surface area contributed by atoms with E-state index in [-0.39, 0.29) is 18.0 Å². The number of hydrogen-bond acceptors (Lipinski definition) is 2. The summed E-state index contributed by atoms with van der Waals surface area (Å²) < 4.78 is 0.968. The molecule has 24 heavy (non-hydrogen) atoms. The molecule has 1 aromatic carbocycles. The van der Waals surface area contributed by atoms with Crippen molar-refractivity contribution in [1.82, 2.24) is 9.80 Å². The van der Waals surface area contributed by atoms with Crippen LogP contribution in [0, 0.1) is 0 Å². The van der Waals surface area contributed by atoms with Crippen molar-refractivity contribution in [2.75, 3.05) is 25.0 Å². The highest BCUT2D eigenvalue weighted by Gasteiger charge is 2.23. The maximum atomic E-state index is 12.6. The Labute approximate surface area is 152 Å². The molecule has 1 aromatic rings. The Morgan fingerprint density at radius 1 is 1.25 bits per heavy atom. The van der Waals surface area contributed by atoms with Crippen molar-refractivity contribution in [1.29, 1.82) is 0 Å². The summed E-state index contributed by atoms with van der Waals surface area (Å²) in [4.78, 5) is 28.5. The van der Waals surface area contributed by atoms with Crippen LogP contribution in [-0.2, 0) is 4.79 Å². The van der Waals surface area contributed by atoms with Gasteiger partial charge in [0.25, 0.3) is 0 Å². The van der Waals surface area contributed by atoms with Crippen molar-refractivity contribution in [2.45, 2.75) is 45.6 Å². The second kappa shape index (κ2) is 9.06. The number of rotatable bonds is 6. The Morgan fingerprint density at radius 2 is 1.88 bits per heavy atom. The Kier molecular flexibility index (Phi) is 7.09. The van der Waals surface area contributed by atoms with Crippen molar-refractivity contribution < 1.29 is 9.59 Å². The third-order valence-electron chi connectivity index (χ3n) is 4.50. The first-order valence-corrected chi connectivity index (χ1v) is 9.41. The average Bonchev–Trinajstić information content (AvgIpc) is 3.11. The Balaban J connectivity index is 1.94. The third-order valence-corrected chi connectivity index (χ3v) is 5.03. The quantitative estimate of drug-likeness (QED) is 0.788. The van der Waals surface area contributed by atoms with E-state index in [9.17, 15) is 9.59 Å². The van der Waals surface area contributed by atoms with Crippen molar-refractivity contribution in [3.8, 4) is 0 Å². The van der Waals surface area contributed by atoms with Crippen LogP contribution in [0.4, 0.5) is 10.5 Å². The van der Waals surface area contributed by atoms with Gasteiger partial charge in [0.2, 0.25) is 5.91 Å². The van der Waals surface area contributed by atoms with Gasteiger partial charge in [0.1, 0.15) is 0 Å². The molecule has 0 spiro atoms. The van der Waals surface area contributed by atoms with E-state index in [1.165, 1.54) is 0 Å². The fraction of sp³-hybridized carbons (Fsp3) is 0.556. The lowest BCUT2D eigenvalue weighted by molar-refractivity contribution is -0.130. The molecule has 1 atom stereocenters. The second-order valence-corrected chi connectivity index (χ2v) is 7.14. The summed E-state index contributed by atoms with van der Waals surface area (Å²) in [5, 5.41) is 2.92. The third kappa shape index (κ3) is 5.23. The molecule has 0 aliphatic carbocycles. The molecule has 1 unspecified atom stereocenters. The lowest BCUT2D eigenvalue weighted by Crippen LogP contribution is -2.43. The molecule has 0 bridgehead atoms. The summed E-state index contributed by atoms with van der Waals surface area (Å²) in [7, 11) is 0. The van der Waals surface area contributed by atoms with E-state index < -0.39 is 0 Å². The smallest absolute Gasteiger partial charge is 0.322 e. The lowest BCUT2D eigenvalue weighted by Gasteiger charge is -2.29. The average molecular weight is 396 g/mol. The lowest BCUT2D eigenvalue weighted by atomic mass is 10.2. The minimum absolute atomic E-state index is 0.0897. The maximum Gasteiger partial charge on any atom is 0.322 e. The van der Waals surface area contributed by atoms with Crippen LogP contribution in [0.2, 0.25) is 0 Å². The number of anilines is 1. The summed E-state index contributed by atoms with van der Waals surface area (Å²) in [5.74, 6) is 0.150. The van der Waals surface area contributed by atoms with E-state index in [1.807, 2.05) is 43.0 Å². The van der Waals surface area contributed by atoms with Crippen molar-refractivity contribution in [3.05, 3.63) is 28.7 Å². The molecule has 1 N–H and O–H groups in total. The van der Waals surface area contributed by atoms with E-state index in [0.29, 0.717) is 13.0 Å². The van der Waals surface area contributed by atoms with E-state index in [2.05, 4.69) is 21.2 Å². The topological polar surface area (TPSA) is 52.7 Å². The Hall–Kier alpha value is -1.56. The second-order valence-electron chi connectivity index (χ2n) is 6.23. The Morgan fingerprint density at radius 3 is 2.46 bits per heavy atom. The molecular formula is C18H26BrN3O2. The molecule has 1 fully saturated rings. The van der Waals surface area contributed by atoms with Crippen molar-refractivity contribution in [2.24, 2.45) is 0 Å². The SMILES string of the molecule is CCC(C)N(CCC(=O)N1CCCC1)C(=O)Nc1ccc(Br)cc1. The first kappa shape index (κ1) is 18.8. The fourth-order valence-corrected chi connectivity index (χ4v) is 3.08. The van der Waals surface area contributed by atoms with Gasteiger partial charge in [-0.25, -0.2) is 4.79 Å². The number of nitrogens with one attached hydrogen (secondary N) is 1. The minimum Gasteiger partial charge on any atom is -0.343 e. The standard InChI is InChI=1S/C18H26BrN3O2/c1-3-14(2)22(13-10-17(23)21-11-4-5-12-21)18(24)20-16-8-6-15(19)7-9-16/h6-9,14H,3-5,10-13H2,1-2H3,(H,20,24). The molecule has 0 aromatic heterocycles. The van der Waals surface area contributed by atoms with Gasteiger partial charge in [-0.05, 0) is 50.5 Å². The van der Waals surface area contributed by atoms with Crippen molar-refractivity contribution in [3.63, 3.8) is 0 Å². The van der Waals surface area contributed by atoms with Gasteiger partial charge in [-0.15, -0.1) is 0 Å². The number of halogens is 1. The predicted octanol–water partition coefficient (Wildman–Crippen LogP) is 4.09. The molecule has 1 saturated heterocycles. The van der Waals surface area contributed by atoms with Gasteiger partial charge in [0, 0.05) is 42.3 Å². The van der Waals surface area contributed by atoms with Crippen LogP contribution in [0.15, 0.2) is 28.7 Å². The zero-order valence-corrected chi connectivity index (χ0v) is 16.0. The number of nitrogens with zero attached hydrogens (tertiary/aromatic N) is 2. The van der Waals surface area contributed by atoms with Crippen LogP contribution in [0.5, 0.6) is 0 Å². The molecule has 1 aliphatic heterocycles. The van der Waals surface area contributed by atoms with E-state index in [1.54, 1.807) is 4.90 Å². The zero-order chi connectivity index (χ0) is 17.5. The highest BCUT2D eigenvalue weighted by atomic mass is 79.9. The minimum atomic E-state index is -0.152. The van der Waals surface area contributed by atoms with Crippen molar-refractivity contribution >= 4 is 33.6 Å². The number of hydrogen-bond donors (Lipinski definition) is 1. The van der Waals surface area contributed by atoms with Gasteiger partial charge in [-0.1, -0.05) is 22.9 Å². The van der Waals surface area contributed by atoms with Crippen LogP contribution < -0.4 is 5.32 Å². The molecule has 1 aliphatic rings. The maximum absolute atomic E-state index is 12.6. The monoisotopic (exact) mass is 395 g/mol. The first-order chi connectivity index (χ1) is 11.5. The molecule has 132 valence electrons. The summed E-state index contributed by atoms with van der Waals surface area (Å²) >= 11 is 3.38. The molecule has 0 radical (unpaired) electrons. The summed E-state index contributed by atoms with van der Waals surface area (Å²) in [5.41, 5.74) is 0.752. The van der Waals surface area contributed by atoms with Crippen LogP contribution in [-0.4, -0.2) is 47.4 Å². The predicted molar refractivity (Wildman–Crippen MR) is 100 cm³/mol. The molecule has 0 saturated carbocycles.